The van der Waals surface area contributed by atoms with E-state index in [0.717, 1.165) is 48.2 Å². The van der Waals surface area contributed by atoms with Gasteiger partial charge in [-0.05, 0) is 110 Å². The van der Waals surface area contributed by atoms with Crippen LogP contribution >= 0.6 is 0 Å². The molecule has 42 heavy (non-hydrogen) atoms. The Morgan fingerprint density at radius 2 is 1.86 bits per heavy atom. The van der Waals surface area contributed by atoms with Crippen molar-refractivity contribution in [3.8, 4) is 5.69 Å². The van der Waals surface area contributed by atoms with Crippen molar-refractivity contribution in [2.75, 3.05) is 0 Å². The lowest BCUT2D eigenvalue weighted by Gasteiger charge is -2.60. The van der Waals surface area contributed by atoms with Crippen molar-refractivity contribution in [3.05, 3.63) is 89.0 Å². The quantitative estimate of drug-likeness (QED) is 0.372. The number of hydrogen-bond acceptors (Lipinski definition) is 4. The molecule has 1 amide bonds. The normalized spacial score (nSPS) is 35.7. The maximum Gasteiger partial charge on any atom is 0.253 e. The number of carbonyl (C=O) groups is 1. The zero-order valence-electron chi connectivity index (χ0n) is 24.6. The molecule has 3 N–H and O–H groups in total. The molecule has 5 unspecified atom stereocenters. The lowest BCUT2D eigenvalue weighted by Crippen LogP contribution is -2.63. The fourth-order valence-corrected chi connectivity index (χ4v) is 9.49. The van der Waals surface area contributed by atoms with Crippen molar-refractivity contribution in [1.82, 2.24) is 15.1 Å². The highest BCUT2D eigenvalue weighted by Crippen LogP contribution is 2.67. The number of aliphatic hydroxyl groups excluding tert-OH is 1. The standard InChI is InChI=1S/C35H40FN3O3/c1-21(22-7-5-4-6-8-22)38-32(41)35(42)16-15-28-27-14-9-24-17-29-23(20-37-39(29)26-12-10-25(36)11-13-26)18-33(24,2)31(27)30(40)19-34(28,35)3/h4-8,10-13,17,20-21,27-28,30-31,40,42H,9,14-16,18-19H2,1-3H3,(H,38,41)/t21-,27?,28?,30+,31?,33?,34?,35+/m1/s1. The van der Waals surface area contributed by atoms with Crippen LogP contribution in [0, 0.1) is 34.4 Å². The Morgan fingerprint density at radius 3 is 2.60 bits per heavy atom. The minimum atomic E-state index is -1.53. The second kappa shape index (κ2) is 9.61. The number of hydrogen-bond donors (Lipinski definition) is 3. The molecular weight excluding hydrogens is 529 g/mol. The van der Waals surface area contributed by atoms with Crippen molar-refractivity contribution in [2.24, 2.45) is 28.6 Å². The highest BCUT2D eigenvalue weighted by molar-refractivity contribution is 5.87. The van der Waals surface area contributed by atoms with Gasteiger partial charge in [-0.15, -0.1) is 0 Å². The van der Waals surface area contributed by atoms with Crippen molar-refractivity contribution in [3.63, 3.8) is 0 Å². The SMILES string of the molecule is C[C@@H](NC(=O)[C@@]1(O)CCC2C3CCC4=Cc5c(cnn5-c5ccc(F)cc5)CC4(C)C3[C@@H](O)CC21C)c1ccccc1. The minimum Gasteiger partial charge on any atom is -0.393 e. The molecule has 3 fully saturated rings. The van der Waals surface area contributed by atoms with E-state index in [2.05, 4.69) is 23.4 Å². The van der Waals surface area contributed by atoms with Crippen LogP contribution in [-0.4, -0.2) is 37.6 Å². The summed E-state index contributed by atoms with van der Waals surface area (Å²) in [5.74, 6) is -0.207. The summed E-state index contributed by atoms with van der Waals surface area (Å²) in [7, 11) is 0. The number of aliphatic hydroxyl groups is 2. The Labute approximate surface area is 246 Å². The number of nitrogens with one attached hydrogen (secondary N) is 1. The average molecular weight is 570 g/mol. The third-order valence-corrected chi connectivity index (χ3v) is 11.7. The molecule has 4 aliphatic carbocycles. The summed E-state index contributed by atoms with van der Waals surface area (Å²) < 4.78 is 15.5. The van der Waals surface area contributed by atoms with E-state index in [1.54, 1.807) is 12.1 Å². The maximum absolute atomic E-state index is 13.8. The molecule has 0 radical (unpaired) electrons. The number of carbonyl (C=O) groups excluding carboxylic acids is 1. The Balaban J connectivity index is 1.17. The first-order valence-corrected chi connectivity index (χ1v) is 15.4. The fourth-order valence-electron chi connectivity index (χ4n) is 9.49. The molecule has 8 atom stereocenters. The van der Waals surface area contributed by atoms with Gasteiger partial charge in [0.1, 0.15) is 11.4 Å². The summed E-state index contributed by atoms with van der Waals surface area (Å²) >= 11 is 0. The van der Waals surface area contributed by atoms with Crippen molar-refractivity contribution >= 4 is 12.0 Å². The summed E-state index contributed by atoms with van der Waals surface area (Å²) in [5, 5.41) is 31.8. The van der Waals surface area contributed by atoms with E-state index in [1.807, 2.05) is 55.1 Å². The van der Waals surface area contributed by atoms with Gasteiger partial charge < -0.3 is 15.5 Å². The van der Waals surface area contributed by atoms with Gasteiger partial charge in [0.2, 0.25) is 0 Å². The summed E-state index contributed by atoms with van der Waals surface area (Å²) in [6.45, 7) is 6.27. The van der Waals surface area contributed by atoms with E-state index in [4.69, 9.17) is 0 Å². The minimum absolute atomic E-state index is 0.0338. The predicted molar refractivity (Wildman–Crippen MR) is 159 cm³/mol. The number of nitrogens with zero attached hydrogens (tertiary/aromatic N) is 2. The highest BCUT2D eigenvalue weighted by Gasteiger charge is 2.68. The maximum atomic E-state index is 13.8. The van der Waals surface area contributed by atoms with Crippen LogP contribution in [0.3, 0.4) is 0 Å². The number of halogens is 1. The van der Waals surface area contributed by atoms with Gasteiger partial charge in [-0.2, -0.15) is 5.10 Å². The molecule has 3 saturated carbocycles. The molecule has 6 nitrogen and oxygen atoms in total. The molecule has 1 aromatic heterocycles. The van der Waals surface area contributed by atoms with Crippen LogP contribution in [0.2, 0.25) is 0 Å². The van der Waals surface area contributed by atoms with Crippen molar-refractivity contribution in [1.29, 1.82) is 0 Å². The summed E-state index contributed by atoms with van der Waals surface area (Å²) in [6, 6.07) is 16.0. The summed E-state index contributed by atoms with van der Waals surface area (Å²) in [4.78, 5) is 13.8. The van der Waals surface area contributed by atoms with Gasteiger partial charge in [0, 0.05) is 5.41 Å². The fraction of sp³-hybridized carbons (Fsp3) is 0.486. The van der Waals surface area contributed by atoms with Gasteiger partial charge in [0.25, 0.3) is 5.91 Å². The van der Waals surface area contributed by atoms with Gasteiger partial charge in [-0.1, -0.05) is 49.8 Å². The lowest BCUT2D eigenvalue weighted by atomic mass is 9.45. The van der Waals surface area contributed by atoms with Crippen molar-refractivity contribution in [2.45, 2.75) is 77.0 Å². The van der Waals surface area contributed by atoms with Crippen LogP contribution in [0.25, 0.3) is 11.8 Å². The first-order chi connectivity index (χ1) is 20.0. The topological polar surface area (TPSA) is 87.4 Å². The van der Waals surface area contributed by atoms with Crippen LogP contribution in [0.5, 0.6) is 0 Å². The van der Waals surface area contributed by atoms with E-state index in [9.17, 15) is 19.4 Å². The molecule has 220 valence electrons. The second-order valence-corrected chi connectivity index (χ2v) is 13.7. The molecule has 0 spiro atoms. The first-order valence-electron chi connectivity index (χ1n) is 15.4. The Morgan fingerprint density at radius 1 is 1.12 bits per heavy atom. The van der Waals surface area contributed by atoms with Crippen LogP contribution in [0.1, 0.15) is 75.7 Å². The number of fused-ring (bicyclic) bond motifs is 6. The van der Waals surface area contributed by atoms with Crippen LogP contribution in [0.4, 0.5) is 4.39 Å². The van der Waals surface area contributed by atoms with Gasteiger partial charge in [0.15, 0.2) is 0 Å². The molecule has 0 aliphatic heterocycles. The molecular formula is C35H40FN3O3. The molecule has 7 rings (SSSR count). The molecule has 7 heteroatoms. The number of benzene rings is 2. The van der Waals surface area contributed by atoms with E-state index in [0.29, 0.717) is 12.8 Å². The predicted octanol–water partition coefficient (Wildman–Crippen LogP) is 5.77. The first kappa shape index (κ1) is 27.5. The summed E-state index contributed by atoms with van der Waals surface area (Å²) in [5.41, 5.74) is 2.83. The van der Waals surface area contributed by atoms with Crippen LogP contribution in [-0.2, 0) is 11.2 Å². The van der Waals surface area contributed by atoms with E-state index < -0.39 is 17.1 Å². The van der Waals surface area contributed by atoms with E-state index >= 15 is 0 Å². The molecule has 4 aliphatic rings. The Kier molecular flexibility index (Phi) is 6.30. The van der Waals surface area contributed by atoms with Gasteiger partial charge in [0.05, 0.1) is 29.7 Å². The smallest absolute Gasteiger partial charge is 0.253 e. The Hall–Kier alpha value is -3.29. The molecule has 2 aromatic carbocycles. The third kappa shape index (κ3) is 3.89. The van der Waals surface area contributed by atoms with Gasteiger partial charge in [-0.3, -0.25) is 4.79 Å². The number of amides is 1. The second-order valence-electron chi connectivity index (χ2n) is 13.7. The summed E-state index contributed by atoms with van der Waals surface area (Å²) in [6.07, 6.45) is 7.69. The number of allylic oxidation sites excluding steroid dienone is 1. The zero-order valence-corrected chi connectivity index (χ0v) is 24.6. The van der Waals surface area contributed by atoms with Crippen LogP contribution in [0.15, 0.2) is 66.4 Å². The monoisotopic (exact) mass is 569 g/mol. The largest absolute Gasteiger partial charge is 0.393 e. The third-order valence-electron chi connectivity index (χ3n) is 11.7. The Bertz CT molecular complexity index is 1550. The van der Waals surface area contributed by atoms with Gasteiger partial charge in [-0.25, -0.2) is 9.07 Å². The lowest BCUT2D eigenvalue weighted by molar-refractivity contribution is -0.181. The molecule has 0 saturated heterocycles. The van der Waals surface area contributed by atoms with E-state index in [1.165, 1.54) is 17.7 Å². The zero-order chi connectivity index (χ0) is 29.4. The molecule has 0 bridgehead atoms. The average Bonchev–Trinajstić information content (AvgIpc) is 3.49. The number of aromatic nitrogens is 2. The highest BCUT2D eigenvalue weighted by atomic mass is 19.1. The van der Waals surface area contributed by atoms with Crippen LogP contribution < -0.4 is 5.32 Å². The number of rotatable bonds is 4. The van der Waals surface area contributed by atoms with E-state index in [-0.39, 0.29) is 40.9 Å². The van der Waals surface area contributed by atoms with Crippen molar-refractivity contribution < 1.29 is 19.4 Å². The molecule has 3 aromatic rings. The van der Waals surface area contributed by atoms with Gasteiger partial charge >= 0.3 is 0 Å². The molecule has 1 heterocycles.